The van der Waals surface area contributed by atoms with Crippen LogP contribution < -0.4 is 5.73 Å². The van der Waals surface area contributed by atoms with Gasteiger partial charge in [-0.3, -0.25) is 4.98 Å². The fraction of sp³-hybridized carbons (Fsp3) is 0.235. The summed E-state index contributed by atoms with van der Waals surface area (Å²) in [6.45, 7) is 2.76. The molecule has 21 heavy (non-hydrogen) atoms. The Balaban J connectivity index is 2.06. The molecule has 0 amide bonds. The predicted octanol–water partition coefficient (Wildman–Crippen LogP) is 3.63. The van der Waals surface area contributed by atoms with Gasteiger partial charge in [-0.2, -0.15) is 0 Å². The molecule has 0 aliphatic carbocycles. The SMILES string of the molecule is CC(N)Cc1cn(Cc2ccccn2)c2cc(Cl)ccc12. The van der Waals surface area contributed by atoms with E-state index in [0.29, 0.717) is 0 Å². The van der Waals surface area contributed by atoms with Crippen molar-refractivity contribution in [2.45, 2.75) is 25.9 Å². The molecule has 1 atom stereocenters. The maximum atomic E-state index is 6.15. The minimum Gasteiger partial charge on any atom is -0.341 e. The minimum absolute atomic E-state index is 0.134. The molecule has 0 saturated heterocycles. The van der Waals surface area contributed by atoms with Crippen LogP contribution in [0.2, 0.25) is 5.02 Å². The van der Waals surface area contributed by atoms with Crippen LogP contribution in [0.1, 0.15) is 18.2 Å². The van der Waals surface area contributed by atoms with Gasteiger partial charge in [-0.05, 0) is 43.2 Å². The van der Waals surface area contributed by atoms with E-state index in [1.165, 1.54) is 10.9 Å². The summed E-state index contributed by atoms with van der Waals surface area (Å²) >= 11 is 6.15. The van der Waals surface area contributed by atoms with Crippen LogP contribution in [0.3, 0.4) is 0 Å². The van der Waals surface area contributed by atoms with Gasteiger partial charge in [0, 0.05) is 28.8 Å². The molecule has 3 rings (SSSR count). The summed E-state index contributed by atoms with van der Waals surface area (Å²) in [5.74, 6) is 0. The molecule has 108 valence electrons. The third kappa shape index (κ3) is 3.09. The number of halogens is 1. The van der Waals surface area contributed by atoms with Gasteiger partial charge in [-0.15, -0.1) is 0 Å². The molecule has 1 aromatic carbocycles. The van der Waals surface area contributed by atoms with Gasteiger partial charge in [0.25, 0.3) is 0 Å². The number of nitrogens with two attached hydrogens (primary N) is 1. The smallest absolute Gasteiger partial charge is 0.0648 e. The highest BCUT2D eigenvalue weighted by Gasteiger charge is 2.11. The first-order valence-electron chi connectivity index (χ1n) is 7.06. The van der Waals surface area contributed by atoms with Crippen LogP contribution in [0.25, 0.3) is 10.9 Å². The molecule has 0 fully saturated rings. The molecular formula is C17H18ClN3. The van der Waals surface area contributed by atoms with Crippen LogP contribution in [-0.4, -0.2) is 15.6 Å². The van der Waals surface area contributed by atoms with E-state index < -0.39 is 0 Å². The summed E-state index contributed by atoms with van der Waals surface area (Å²) < 4.78 is 2.20. The van der Waals surface area contributed by atoms with E-state index in [4.69, 9.17) is 17.3 Å². The van der Waals surface area contributed by atoms with Gasteiger partial charge < -0.3 is 10.3 Å². The standard InChI is InChI=1S/C17H18ClN3/c1-12(19)8-13-10-21(11-15-4-2-3-7-20-15)17-9-14(18)5-6-16(13)17/h2-7,9-10,12H,8,11,19H2,1H3. The lowest BCUT2D eigenvalue weighted by atomic mass is 10.1. The van der Waals surface area contributed by atoms with Crippen molar-refractivity contribution >= 4 is 22.5 Å². The van der Waals surface area contributed by atoms with Gasteiger partial charge in [0.15, 0.2) is 0 Å². The summed E-state index contributed by atoms with van der Waals surface area (Å²) in [6.07, 6.45) is 4.84. The van der Waals surface area contributed by atoms with Crippen LogP contribution in [0, 0.1) is 0 Å². The van der Waals surface area contributed by atoms with Gasteiger partial charge in [0.1, 0.15) is 0 Å². The third-order valence-electron chi connectivity index (χ3n) is 3.53. The van der Waals surface area contributed by atoms with E-state index in [0.717, 1.165) is 29.2 Å². The first-order chi connectivity index (χ1) is 10.1. The lowest BCUT2D eigenvalue weighted by molar-refractivity contribution is 0.733. The van der Waals surface area contributed by atoms with Crippen molar-refractivity contribution < 1.29 is 0 Å². The van der Waals surface area contributed by atoms with Gasteiger partial charge >= 0.3 is 0 Å². The molecule has 2 N–H and O–H groups in total. The van der Waals surface area contributed by atoms with Crippen molar-refractivity contribution in [3.63, 3.8) is 0 Å². The largest absolute Gasteiger partial charge is 0.341 e. The first kappa shape index (κ1) is 14.1. The number of hydrogen-bond acceptors (Lipinski definition) is 2. The van der Waals surface area contributed by atoms with E-state index in [-0.39, 0.29) is 6.04 Å². The highest BCUT2D eigenvalue weighted by molar-refractivity contribution is 6.31. The van der Waals surface area contributed by atoms with Gasteiger partial charge in [0.2, 0.25) is 0 Å². The fourth-order valence-corrected chi connectivity index (χ4v) is 2.81. The van der Waals surface area contributed by atoms with Crippen LogP contribution in [0.15, 0.2) is 48.8 Å². The summed E-state index contributed by atoms with van der Waals surface area (Å²) in [6, 6.07) is 12.1. The highest BCUT2D eigenvalue weighted by atomic mass is 35.5. The Morgan fingerprint density at radius 1 is 1.29 bits per heavy atom. The van der Waals surface area contributed by atoms with Crippen LogP contribution in [-0.2, 0) is 13.0 Å². The van der Waals surface area contributed by atoms with Gasteiger partial charge in [-0.25, -0.2) is 0 Å². The van der Waals surface area contributed by atoms with Crippen molar-refractivity contribution in [2.24, 2.45) is 5.73 Å². The van der Waals surface area contributed by atoms with E-state index in [1.807, 2.05) is 43.5 Å². The molecule has 3 nitrogen and oxygen atoms in total. The average Bonchev–Trinajstić information content (AvgIpc) is 2.76. The lowest BCUT2D eigenvalue weighted by Crippen LogP contribution is -2.17. The monoisotopic (exact) mass is 299 g/mol. The Morgan fingerprint density at radius 2 is 2.14 bits per heavy atom. The molecule has 0 aliphatic heterocycles. The molecule has 1 unspecified atom stereocenters. The Labute approximate surface area is 129 Å². The maximum absolute atomic E-state index is 6.15. The molecule has 4 heteroatoms. The number of hydrogen-bond donors (Lipinski definition) is 1. The number of rotatable bonds is 4. The first-order valence-corrected chi connectivity index (χ1v) is 7.44. The molecule has 0 bridgehead atoms. The topological polar surface area (TPSA) is 43.8 Å². The quantitative estimate of drug-likeness (QED) is 0.799. The Morgan fingerprint density at radius 3 is 2.86 bits per heavy atom. The number of aromatic nitrogens is 2. The molecule has 0 radical (unpaired) electrons. The zero-order valence-electron chi connectivity index (χ0n) is 12.0. The average molecular weight is 300 g/mol. The molecule has 0 saturated carbocycles. The third-order valence-corrected chi connectivity index (χ3v) is 3.76. The van der Waals surface area contributed by atoms with Crippen LogP contribution in [0.4, 0.5) is 0 Å². The van der Waals surface area contributed by atoms with Gasteiger partial charge in [-0.1, -0.05) is 23.7 Å². The molecule has 0 spiro atoms. The Kier molecular flexibility index (Phi) is 3.95. The Hall–Kier alpha value is -1.84. The molecule has 3 aromatic rings. The maximum Gasteiger partial charge on any atom is 0.0648 e. The molecule has 2 heterocycles. The minimum atomic E-state index is 0.134. The molecule has 2 aromatic heterocycles. The number of benzene rings is 1. The molecular weight excluding hydrogens is 282 g/mol. The summed E-state index contributed by atoms with van der Waals surface area (Å²) in [5.41, 5.74) is 9.37. The number of pyridine rings is 1. The normalized spacial score (nSPS) is 12.7. The second-order valence-corrected chi connectivity index (χ2v) is 5.88. The summed E-state index contributed by atoms with van der Waals surface area (Å²) in [4.78, 5) is 4.39. The van der Waals surface area contributed by atoms with Crippen molar-refractivity contribution in [3.05, 3.63) is 65.1 Å². The van der Waals surface area contributed by atoms with E-state index in [2.05, 4.69) is 21.8 Å². The predicted molar refractivity (Wildman–Crippen MR) is 87.6 cm³/mol. The van der Waals surface area contributed by atoms with E-state index >= 15 is 0 Å². The molecule has 0 aliphatic rings. The summed E-state index contributed by atoms with van der Waals surface area (Å²) in [5, 5.41) is 1.96. The van der Waals surface area contributed by atoms with Crippen molar-refractivity contribution in [1.82, 2.24) is 9.55 Å². The summed E-state index contributed by atoms with van der Waals surface area (Å²) in [7, 11) is 0. The number of fused-ring (bicyclic) bond motifs is 1. The highest BCUT2D eigenvalue weighted by Crippen LogP contribution is 2.26. The second-order valence-electron chi connectivity index (χ2n) is 5.45. The van der Waals surface area contributed by atoms with Crippen molar-refractivity contribution in [2.75, 3.05) is 0 Å². The van der Waals surface area contributed by atoms with Crippen LogP contribution >= 0.6 is 11.6 Å². The fourth-order valence-electron chi connectivity index (χ4n) is 2.65. The van der Waals surface area contributed by atoms with E-state index in [9.17, 15) is 0 Å². The lowest BCUT2D eigenvalue weighted by Gasteiger charge is -2.04. The zero-order valence-corrected chi connectivity index (χ0v) is 12.7. The van der Waals surface area contributed by atoms with Gasteiger partial charge in [0.05, 0.1) is 17.8 Å². The zero-order chi connectivity index (χ0) is 14.8. The van der Waals surface area contributed by atoms with E-state index in [1.54, 1.807) is 0 Å². The second kappa shape index (κ2) is 5.88. The number of nitrogens with zero attached hydrogens (tertiary/aromatic N) is 2. The van der Waals surface area contributed by atoms with Crippen molar-refractivity contribution in [3.8, 4) is 0 Å². The van der Waals surface area contributed by atoms with Crippen LogP contribution in [0.5, 0.6) is 0 Å². The Bertz CT molecular complexity index is 747. The van der Waals surface area contributed by atoms with Crippen molar-refractivity contribution in [1.29, 1.82) is 0 Å².